The monoisotopic (exact) mass is 225 g/mol. The van der Waals surface area contributed by atoms with E-state index >= 15 is 0 Å². The molecule has 1 atom stereocenters. The lowest BCUT2D eigenvalue weighted by molar-refractivity contribution is 0.413. The van der Waals surface area contributed by atoms with Gasteiger partial charge in [0.1, 0.15) is 5.75 Å². The van der Waals surface area contributed by atoms with Crippen LogP contribution in [0.2, 0.25) is 0 Å². The van der Waals surface area contributed by atoms with E-state index in [-0.39, 0.29) is 6.04 Å². The molecule has 1 rings (SSSR count). The van der Waals surface area contributed by atoms with Gasteiger partial charge in [0.15, 0.2) is 0 Å². The number of methoxy groups -OCH3 is 1. The minimum Gasteiger partial charge on any atom is -0.497 e. The normalized spacial score (nSPS) is 13.0. The number of halogens is 1. The summed E-state index contributed by atoms with van der Waals surface area (Å²) in [6.07, 6.45) is 1.87. The molecular weight excluding hydrogens is 210 g/mol. The molecule has 1 aromatic carbocycles. The Balaban J connectivity index is 2.60. The summed E-state index contributed by atoms with van der Waals surface area (Å²) in [4.78, 5) is 0. The summed E-state index contributed by atoms with van der Waals surface area (Å²) in [6.45, 7) is 2.87. The molecule has 1 aromatic rings. The maximum absolute atomic E-state index is 5.44. The third kappa shape index (κ3) is 3.94. The molecule has 2 nitrogen and oxygen atoms in total. The summed E-state index contributed by atoms with van der Waals surface area (Å²) in [7, 11) is 1.67. The second-order valence-electron chi connectivity index (χ2n) is 3.27. The molecule has 0 fully saturated rings. The Morgan fingerprint density at radius 3 is 3.00 bits per heavy atom. The van der Waals surface area contributed by atoms with Crippen LogP contribution in [0, 0.1) is 0 Å². The van der Waals surface area contributed by atoms with Crippen LogP contribution < -0.4 is 10.1 Å². The number of nitrogens with one attached hydrogen (secondary N) is 1. The summed E-state index contributed by atoms with van der Waals surface area (Å²) >= 11 is 5.44. The van der Waals surface area contributed by atoms with E-state index in [9.17, 15) is 0 Å². The minimum atomic E-state index is 0.285. The second kappa shape index (κ2) is 6.49. The highest BCUT2D eigenvalue weighted by molar-refractivity contribution is 6.25. The van der Waals surface area contributed by atoms with Crippen LogP contribution in [-0.4, -0.2) is 13.7 Å². The average Bonchev–Trinajstić information content (AvgIpc) is 2.29. The first-order valence-corrected chi connectivity index (χ1v) is 5.34. The molecule has 3 heteroatoms. The van der Waals surface area contributed by atoms with Crippen LogP contribution in [-0.2, 0) is 0 Å². The van der Waals surface area contributed by atoms with Crippen molar-refractivity contribution in [1.29, 1.82) is 0 Å². The molecule has 15 heavy (non-hydrogen) atoms. The Morgan fingerprint density at radius 1 is 1.53 bits per heavy atom. The van der Waals surface area contributed by atoms with Crippen molar-refractivity contribution in [2.24, 2.45) is 0 Å². The number of benzene rings is 1. The van der Waals surface area contributed by atoms with Crippen molar-refractivity contribution in [3.8, 4) is 5.75 Å². The Bertz CT molecular complexity index is 325. The molecule has 0 aliphatic carbocycles. The Morgan fingerprint density at radius 2 is 2.33 bits per heavy atom. The van der Waals surface area contributed by atoms with E-state index in [1.165, 1.54) is 11.1 Å². The first kappa shape index (κ1) is 12.1. The fraction of sp³-hybridized carbons (Fsp3) is 0.333. The van der Waals surface area contributed by atoms with Gasteiger partial charge in [0.05, 0.1) is 7.11 Å². The molecule has 0 spiro atoms. The lowest BCUT2D eigenvalue weighted by atomic mass is 10.1. The van der Waals surface area contributed by atoms with Gasteiger partial charge in [-0.15, -0.1) is 0 Å². The number of hydrogen-bond acceptors (Lipinski definition) is 2. The Labute approximate surface area is 95.9 Å². The third-order valence-electron chi connectivity index (χ3n) is 2.22. The van der Waals surface area contributed by atoms with Crippen LogP contribution in [0.3, 0.4) is 0 Å². The van der Waals surface area contributed by atoms with E-state index in [2.05, 4.69) is 18.3 Å². The fourth-order valence-electron chi connectivity index (χ4n) is 1.32. The van der Waals surface area contributed by atoms with E-state index in [0.717, 1.165) is 12.3 Å². The van der Waals surface area contributed by atoms with Gasteiger partial charge in [-0.25, -0.2) is 0 Å². The SMILES string of the molecule is COc1cccc([C@@H](C)NC/C=C/Cl)c1. The van der Waals surface area contributed by atoms with Gasteiger partial charge in [-0.05, 0) is 24.6 Å². The van der Waals surface area contributed by atoms with Gasteiger partial charge in [-0.2, -0.15) is 0 Å². The van der Waals surface area contributed by atoms with Crippen molar-refractivity contribution in [1.82, 2.24) is 5.32 Å². The number of ether oxygens (including phenoxy) is 1. The van der Waals surface area contributed by atoms with E-state index in [1.54, 1.807) is 7.11 Å². The maximum atomic E-state index is 5.44. The molecule has 0 saturated heterocycles. The van der Waals surface area contributed by atoms with Crippen molar-refractivity contribution < 1.29 is 4.74 Å². The first-order chi connectivity index (χ1) is 7.27. The quantitative estimate of drug-likeness (QED) is 0.832. The zero-order valence-corrected chi connectivity index (χ0v) is 9.79. The van der Waals surface area contributed by atoms with Crippen LogP contribution >= 0.6 is 11.6 Å². The van der Waals surface area contributed by atoms with Crippen molar-refractivity contribution in [3.63, 3.8) is 0 Å². The topological polar surface area (TPSA) is 21.3 Å². The highest BCUT2D eigenvalue weighted by Crippen LogP contribution is 2.18. The molecule has 0 aliphatic rings. The van der Waals surface area contributed by atoms with Crippen LogP contribution in [0.5, 0.6) is 5.75 Å². The molecule has 1 N–H and O–H groups in total. The summed E-state index contributed by atoms with van der Waals surface area (Å²) < 4.78 is 5.17. The van der Waals surface area contributed by atoms with Gasteiger partial charge in [-0.3, -0.25) is 0 Å². The highest BCUT2D eigenvalue weighted by atomic mass is 35.5. The Hall–Kier alpha value is -0.990. The van der Waals surface area contributed by atoms with Gasteiger partial charge in [-0.1, -0.05) is 29.8 Å². The van der Waals surface area contributed by atoms with Gasteiger partial charge in [0.2, 0.25) is 0 Å². The minimum absolute atomic E-state index is 0.285. The van der Waals surface area contributed by atoms with Crippen LogP contribution in [0.15, 0.2) is 35.9 Å². The predicted octanol–water partition coefficient (Wildman–Crippen LogP) is 3.10. The van der Waals surface area contributed by atoms with E-state index < -0.39 is 0 Å². The van der Waals surface area contributed by atoms with E-state index in [1.807, 2.05) is 24.3 Å². The van der Waals surface area contributed by atoms with Crippen LogP contribution in [0.25, 0.3) is 0 Å². The van der Waals surface area contributed by atoms with Crippen LogP contribution in [0.1, 0.15) is 18.5 Å². The summed E-state index contributed by atoms with van der Waals surface area (Å²) in [5.41, 5.74) is 2.72. The molecular formula is C12H16ClNO. The zero-order chi connectivity index (χ0) is 11.1. The van der Waals surface area contributed by atoms with Gasteiger partial charge in [0, 0.05) is 18.1 Å². The first-order valence-electron chi connectivity index (χ1n) is 4.90. The smallest absolute Gasteiger partial charge is 0.119 e. The molecule has 0 aromatic heterocycles. The fourth-order valence-corrected chi connectivity index (χ4v) is 1.41. The van der Waals surface area contributed by atoms with Gasteiger partial charge < -0.3 is 10.1 Å². The van der Waals surface area contributed by atoms with Crippen molar-refractivity contribution >= 4 is 11.6 Å². The van der Waals surface area contributed by atoms with E-state index in [4.69, 9.17) is 16.3 Å². The second-order valence-corrected chi connectivity index (χ2v) is 3.52. The number of hydrogen-bond donors (Lipinski definition) is 1. The molecule has 0 bridgehead atoms. The van der Waals surface area contributed by atoms with E-state index in [0.29, 0.717) is 0 Å². The third-order valence-corrected chi connectivity index (χ3v) is 2.40. The predicted molar refractivity (Wildman–Crippen MR) is 64.4 cm³/mol. The molecule has 0 aliphatic heterocycles. The van der Waals surface area contributed by atoms with Crippen molar-refractivity contribution in [2.45, 2.75) is 13.0 Å². The molecule has 0 amide bonds. The largest absolute Gasteiger partial charge is 0.497 e. The van der Waals surface area contributed by atoms with Gasteiger partial charge in [0.25, 0.3) is 0 Å². The van der Waals surface area contributed by atoms with Crippen LogP contribution in [0.4, 0.5) is 0 Å². The van der Waals surface area contributed by atoms with Gasteiger partial charge >= 0.3 is 0 Å². The molecule has 0 unspecified atom stereocenters. The molecule has 0 saturated carbocycles. The summed E-state index contributed by atoms with van der Waals surface area (Å²) in [6, 6.07) is 8.32. The standard InChI is InChI=1S/C12H16ClNO/c1-10(14-8-4-7-13)11-5-3-6-12(9-11)15-2/h3-7,9-10,14H,8H2,1-2H3/b7-4+/t10-/m1/s1. The van der Waals surface area contributed by atoms with Crippen molar-refractivity contribution in [2.75, 3.05) is 13.7 Å². The lowest BCUT2D eigenvalue weighted by Crippen LogP contribution is -2.18. The molecule has 0 heterocycles. The number of rotatable bonds is 5. The summed E-state index contributed by atoms with van der Waals surface area (Å²) in [5, 5.41) is 3.32. The van der Waals surface area contributed by atoms with Crippen molar-refractivity contribution in [3.05, 3.63) is 41.4 Å². The molecule has 0 radical (unpaired) electrons. The molecule has 82 valence electrons. The maximum Gasteiger partial charge on any atom is 0.119 e. The zero-order valence-electron chi connectivity index (χ0n) is 9.03. The summed E-state index contributed by atoms with van der Waals surface area (Å²) in [5.74, 6) is 0.883. The Kier molecular flexibility index (Phi) is 5.22. The lowest BCUT2D eigenvalue weighted by Gasteiger charge is -2.13. The average molecular weight is 226 g/mol. The highest BCUT2D eigenvalue weighted by Gasteiger charge is 2.03.